The Morgan fingerprint density at radius 3 is 3.00 bits per heavy atom. The molecule has 0 spiro atoms. The highest BCUT2D eigenvalue weighted by Gasteiger charge is 2.13. The van der Waals surface area contributed by atoms with Gasteiger partial charge < -0.3 is 10.1 Å². The van der Waals surface area contributed by atoms with Crippen LogP contribution in [0, 0.1) is 0 Å². The highest BCUT2D eigenvalue weighted by atomic mass is 32.2. The Bertz CT molecular complexity index is 353. The summed E-state index contributed by atoms with van der Waals surface area (Å²) in [5, 5.41) is 4.32. The smallest absolute Gasteiger partial charge is 0.123 e. The zero-order valence-electron chi connectivity index (χ0n) is 10.9. The molecule has 2 rings (SSSR count). The monoisotopic (exact) mass is 283 g/mol. The molecule has 0 saturated carbocycles. The van der Waals surface area contributed by atoms with Gasteiger partial charge in [0.2, 0.25) is 0 Å². The summed E-state index contributed by atoms with van der Waals surface area (Å²) >= 11 is 4.17. The topological polar surface area (TPSA) is 21.3 Å². The third-order valence-corrected chi connectivity index (χ3v) is 5.69. The number of thioether (sulfide) groups is 2. The first-order valence-corrected chi connectivity index (χ1v) is 8.71. The molecule has 0 radical (unpaired) electrons. The van der Waals surface area contributed by atoms with Gasteiger partial charge in [-0.25, -0.2) is 0 Å². The highest BCUT2D eigenvalue weighted by Crippen LogP contribution is 2.23. The molecular formula is C14H21NOS2. The molecule has 1 saturated heterocycles. The summed E-state index contributed by atoms with van der Waals surface area (Å²) in [7, 11) is 0. The average molecular weight is 283 g/mol. The minimum absolute atomic E-state index is 0.728. The molecule has 1 aliphatic rings. The van der Waals surface area contributed by atoms with Crippen LogP contribution in [0.2, 0.25) is 0 Å². The molecule has 100 valence electrons. The van der Waals surface area contributed by atoms with Crippen molar-refractivity contribution >= 4 is 23.5 Å². The molecule has 1 aromatic rings. The summed E-state index contributed by atoms with van der Waals surface area (Å²) in [5.41, 5.74) is 1.26. The summed E-state index contributed by atoms with van der Waals surface area (Å²) in [6.07, 6.45) is 0. The van der Waals surface area contributed by atoms with Crippen molar-refractivity contribution in [2.45, 2.75) is 18.7 Å². The fourth-order valence-electron chi connectivity index (χ4n) is 1.97. The van der Waals surface area contributed by atoms with Gasteiger partial charge in [-0.1, -0.05) is 18.2 Å². The predicted molar refractivity (Wildman–Crippen MR) is 82.9 cm³/mol. The van der Waals surface area contributed by atoms with Gasteiger partial charge in [0, 0.05) is 41.2 Å². The summed E-state index contributed by atoms with van der Waals surface area (Å²) < 4.78 is 5.63. The van der Waals surface area contributed by atoms with Crippen molar-refractivity contribution in [3.05, 3.63) is 29.8 Å². The van der Waals surface area contributed by atoms with Gasteiger partial charge in [-0.2, -0.15) is 23.5 Å². The molecule has 0 amide bonds. The van der Waals surface area contributed by atoms with E-state index in [0.29, 0.717) is 0 Å². The molecule has 1 aliphatic heterocycles. The van der Waals surface area contributed by atoms with Crippen LogP contribution < -0.4 is 10.1 Å². The Morgan fingerprint density at radius 2 is 2.22 bits per heavy atom. The molecular weight excluding hydrogens is 262 g/mol. The molecule has 1 atom stereocenters. The van der Waals surface area contributed by atoms with Crippen molar-refractivity contribution in [2.75, 3.05) is 30.4 Å². The number of hydrogen-bond donors (Lipinski definition) is 1. The molecule has 1 aromatic carbocycles. The summed E-state index contributed by atoms with van der Waals surface area (Å²) in [4.78, 5) is 0. The van der Waals surface area contributed by atoms with Crippen LogP contribution in [0.15, 0.2) is 24.3 Å². The lowest BCUT2D eigenvalue weighted by molar-refractivity contribution is 0.335. The average Bonchev–Trinajstić information content (AvgIpc) is 2.42. The number of benzene rings is 1. The second kappa shape index (κ2) is 7.97. The zero-order chi connectivity index (χ0) is 12.6. The standard InChI is InChI=1S/C14H21NOS2/c1-2-16-14-6-4-3-5-12(14)9-15-10-13-11-17-7-8-18-13/h3-6,13,15H,2,7-11H2,1H3. The van der Waals surface area contributed by atoms with E-state index < -0.39 is 0 Å². The number of para-hydroxylation sites is 1. The fourth-order valence-corrected chi connectivity index (χ4v) is 4.61. The quantitative estimate of drug-likeness (QED) is 0.866. The molecule has 1 unspecified atom stereocenters. The van der Waals surface area contributed by atoms with Crippen LogP contribution in [0.1, 0.15) is 12.5 Å². The molecule has 1 N–H and O–H groups in total. The van der Waals surface area contributed by atoms with Gasteiger partial charge in [0.25, 0.3) is 0 Å². The van der Waals surface area contributed by atoms with E-state index in [-0.39, 0.29) is 0 Å². The summed E-state index contributed by atoms with van der Waals surface area (Å²) in [6.45, 7) is 4.75. The van der Waals surface area contributed by atoms with Crippen molar-refractivity contribution < 1.29 is 4.74 Å². The summed E-state index contributed by atoms with van der Waals surface area (Å²) in [6, 6.07) is 8.29. The normalized spacial score (nSPS) is 19.7. The lowest BCUT2D eigenvalue weighted by Crippen LogP contribution is -2.28. The van der Waals surface area contributed by atoms with Crippen LogP contribution in [0.5, 0.6) is 5.75 Å². The van der Waals surface area contributed by atoms with Gasteiger partial charge >= 0.3 is 0 Å². The SMILES string of the molecule is CCOc1ccccc1CNCC1CSCCS1. The third kappa shape index (κ3) is 4.41. The predicted octanol–water partition coefficient (Wildman–Crippen LogP) is 3.02. The van der Waals surface area contributed by atoms with Crippen LogP contribution in [0.4, 0.5) is 0 Å². The van der Waals surface area contributed by atoms with E-state index in [1.165, 1.54) is 22.8 Å². The molecule has 4 heteroatoms. The van der Waals surface area contributed by atoms with Crippen molar-refractivity contribution in [1.29, 1.82) is 0 Å². The third-order valence-electron chi connectivity index (χ3n) is 2.84. The molecule has 0 aliphatic carbocycles. The Labute approximate surface area is 118 Å². The van der Waals surface area contributed by atoms with E-state index in [1.54, 1.807) is 0 Å². The molecule has 1 heterocycles. The molecule has 1 fully saturated rings. The molecule has 0 bridgehead atoms. The number of rotatable bonds is 6. The zero-order valence-corrected chi connectivity index (χ0v) is 12.5. The van der Waals surface area contributed by atoms with Crippen LogP contribution >= 0.6 is 23.5 Å². The first-order valence-electron chi connectivity index (χ1n) is 6.51. The van der Waals surface area contributed by atoms with Gasteiger partial charge in [-0.05, 0) is 13.0 Å². The Balaban J connectivity index is 1.78. The maximum atomic E-state index is 5.63. The lowest BCUT2D eigenvalue weighted by Gasteiger charge is -2.21. The lowest BCUT2D eigenvalue weighted by atomic mass is 10.2. The van der Waals surface area contributed by atoms with Gasteiger partial charge in [0.05, 0.1) is 6.61 Å². The van der Waals surface area contributed by atoms with Crippen LogP contribution in [0.25, 0.3) is 0 Å². The minimum Gasteiger partial charge on any atom is -0.494 e. The largest absolute Gasteiger partial charge is 0.494 e. The van der Waals surface area contributed by atoms with Crippen LogP contribution in [0.3, 0.4) is 0 Å². The van der Waals surface area contributed by atoms with Gasteiger partial charge in [-0.15, -0.1) is 0 Å². The maximum absolute atomic E-state index is 5.63. The molecule has 18 heavy (non-hydrogen) atoms. The summed E-state index contributed by atoms with van der Waals surface area (Å²) in [5.74, 6) is 4.91. The fraction of sp³-hybridized carbons (Fsp3) is 0.571. The van der Waals surface area contributed by atoms with Crippen molar-refractivity contribution in [3.8, 4) is 5.75 Å². The first-order chi connectivity index (χ1) is 8.90. The van der Waals surface area contributed by atoms with E-state index in [1.807, 2.05) is 19.1 Å². The van der Waals surface area contributed by atoms with Gasteiger partial charge in [0.1, 0.15) is 5.75 Å². The van der Waals surface area contributed by atoms with Crippen molar-refractivity contribution in [3.63, 3.8) is 0 Å². The van der Waals surface area contributed by atoms with E-state index in [2.05, 4.69) is 41.0 Å². The van der Waals surface area contributed by atoms with Crippen molar-refractivity contribution in [2.24, 2.45) is 0 Å². The Hall–Kier alpha value is -0.320. The van der Waals surface area contributed by atoms with E-state index in [4.69, 9.17) is 4.74 Å². The Morgan fingerprint density at radius 1 is 1.33 bits per heavy atom. The number of hydrogen-bond acceptors (Lipinski definition) is 4. The van der Waals surface area contributed by atoms with E-state index in [9.17, 15) is 0 Å². The van der Waals surface area contributed by atoms with E-state index in [0.717, 1.165) is 30.7 Å². The number of ether oxygens (including phenoxy) is 1. The second-order valence-electron chi connectivity index (χ2n) is 4.24. The number of nitrogens with one attached hydrogen (secondary N) is 1. The molecule has 0 aromatic heterocycles. The second-order valence-corrected chi connectivity index (χ2v) is 6.80. The highest BCUT2D eigenvalue weighted by molar-refractivity contribution is 8.06. The molecule has 2 nitrogen and oxygen atoms in total. The van der Waals surface area contributed by atoms with Crippen molar-refractivity contribution in [1.82, 2.24) is 5.32 Å². The Kier molecular flexibility index (Phi) is 6.24. The minimum atomic E-state index is 0.728. The first kappa shape index (κ1) is 14.1. The van der Waals surface area contributed by atoms with Crippen LogP contribution in [-0.4, -0.2) is 35.7 Å². The van der Waals surface area contributed by atoms with E-state index >= 15 is 0 Å². The van der Waals surface area contributed by atoms with Gasteiger partial charge in [0.15, 0.2) is 0 Å². The van der Waals surface area contributed by atoms with Gasteiger partial charge in [-0.3, -0.25) is 0 Å². The van der Waals surface area contributed by atoms with Crippen LogP contribution in [-0.2, 0) is 6.54 Å². The maximum Gasteiger partial charge on any atom is 0.123 e.